The van der Waals surface area contributed by atoms with Crippen LogP contribution in [0, 0.1) is 40.4 Å². The van der Waals surface area contributed by atoms with Gasteiger partial charge < -0.3 is 41.4 Å². The zero-order valence-corrected chi connectivity index (χ0v) is 40.4. The minimum Gasteiger partial charge on any atom is -0.504 e. The molecule has 3 saturated carbocycles. The third kappa shape index (κ3) is 10.2. The Kier molecular flexibility index (Phi) is 14.4. The summed E-state index contributed by atoms with van der Waals surface area (Å²) < 4.78 is 12.6. The van der Waals surface area contributed by atoms with Crippen LogP contribution in [0.4, 0.5) is 5.82 Å². The second-order valence-corrected chi connectivity index (χ2v) is 23.4. The Morgan fingerprint density at radius 2 is 1.94 bits per heavy atom. The monoisotopic (exact) mass is 938 g/mol. The van der Waals surface area contributed by atoms with Crippen LogP contribution < -0.4 is 21.5 Å². The molecule has 1 saturated heterocycles. The molecule has 0 unspecified atom stereocenters. The van der Waals surface area contributed by atoms with Crippen molar-refractivity contribution >= 4 is 51.3 Å². The molecule has 5 heterocycles. The molecule has 3 aliphatic carbocycles. The number of guanidine groups is 1. The van der Waals surface area contributed by atoms with Crippen molar-refractivity contribution in [3.05, 3.63) is 52.7 Å². The Balaban J connectivity index is 1.10. The van der Waals surface area contributed by atoms with Gasteiger partial charge in [-0.05, 0) is 125 Å². The van der Waals surface area contributed by atoms with E-state index in [1.54, 1.807) is 6.20 Å². The van der Waals surface area contributed by atoms with Gasteiger partial charge in [0.05, 0.1) is 12.6 Å². The lowest BCUT2D eigenvalue weighted by atomic mass is 9.70. The number of pyridine rings is 1. The summed E-state index contributed by atoms with van der Waals surface area (Å²) >= 11 is 0. The Morgan fingerprint density at radius 1 is 1.06 bits per heavy atom. The first-order chi connectivity index (χ1) is 31.9. The Morgan fingerprint density at radius 3 is 2.80 bits per heavy atom. The maximum Gasteiger partial charge on any atom is 0.302 e. The molecule has 4 aliphatic heterocycles. The third-order valence-electron chi connectivity index (χ3n) is 16.1. The molecule has 7 N–H and O–H groups in total. The number of benzene rings is 1. The van der Waals surface area contributed by atoms with Gasteiger partial charge in [0, 0.05) is 85.0 Å². The van der Waals surface area contributed by atoms with Gasteiger partial charge in [-0.15, -0.1) is 5.92 Å². The van der Waals surface area contributed by atoms with E-state index in [2.05, 4.69) is 34.3 Å². The van der Waals surface area contributed by atoms with Gasteiger partial charge in [0.2, 0.25) is 5.91 Å². The highest BCUT2D eigenvalue weighted by molar-refractivity contribution is 8.77. The van der Waals surface area contributed by atoms with Crippen molar-refractivity contribution in [1.29, 1.82) is 0 Å². The zero-order chi connectivity index (χ0) is 45.9. The number of nitrogens with two attached hydrogens (primary N) is 2. The summed E-state index contributed by atoms with van der Waals surface area (Å²) in [6.45, 7) is 2.33. The highest BCUT2D eigenvalue weighted by Gasteiger charge is 2.59. The van der Waals surface area contributed by atoms with Gasteiger partial charge in [-0.3, -0.25) is 14.6 Å². The van der Waals surface area contributed by atoms with Gasteiger partial charge in [-0.25, -0.2) is 4.98 Å². The number of esters is 1. The number of nitrogen functional groups attached to an aromatic ring is 1. The van der Waals surface area contributed by atoms with E-state index in [1.807, 2.05) is 44.7 Å². The molecule has 14 heteroatoms. The van der Waals surface area contributed by atoms with Crippen LogP contribution in [0.1, 0.15) is 145 Å². The predicted octanol–water partition coefficient (Wildman–Crippen LogP) is 8.46. The number of carbonyl (C=O) groups excluding carboxylic acids is 2. The first kappa shape index (κ1) is 47.0. The van der Waals surface area contributed by atoms with Gasteiger partial charge in [0.1, 0.15) is 22.9 Å². The topological polar surface area (TPSA) is 186 Å². The lowest BCUT2D eigenvalue weighted by Crippen LogP contribution is -2.56. The molecule has 7 aliphatic rings. The number of aliphatic hydroxyl groups excluding tert-OH is 1. The second kappa shape index (κ2) is 20.3. The standard InChI is InChI=1S/C52H70N6O6S2/c1-34(59)63-42-16-14-38-26-39(47(62)48-43(38)17-15-37-10-7-13-44(37)64-48)32-58-33-50(30-46(58)61,28-36-19-23-55-45(53)25-36)40-11-6-9-35-18-22-51(29-35)20-8-21-52(51,57-49(54)56-31-40)66-65-24-5-3-2-4-12-41(60)27-42/h15,17,19,23,25-26,35,37,40-42,44,60,62H,2-5,7-10,12-14,16,18,20-22,24,27-33H2,1H3,(H2,53,55)(H3,54,56,57)/t35-,37-,40-,41+,42-,44+,50-,51+,52+/m1/s1. The molecule has 1 aromatic heterocycles. The van der Waals surface area contributed by atoms with Crippen LogP contribution in [0.5, 0.6) is 11.5 Å². The van der Waals surface area contributed by atoms with Crippen molar-refractivity contribution in [1.82, 2.24) is 15.2 Å². The van der Waals surface area contributed by atoms with Crippen LogP contribution >= 0.6 is 21.6 Å². The minimum atomic E-state index is -0.648. The number of aromatic hydroxyl groups is 1. The van der Waals surface area contributed by atoms with E-state index in [1.165, 1.54) is 13.3 Å². The predicted molar refractivity (Wildman–Crippen MR) is 263 cm³/mol. The molecule has 66 heavy (non-hydrogen) atoms. The summed E-state index contributed by atoms with van der Waals surface area (Å²) in [7, 11) is 3.93. The Labute approximate surface area is 399 Å². The fourth-order valence-corrected chi connectivity index (χ4v) is 16.3. The van der Waals surface area contributed by atoms with Gasteiger partial charge in [-0.2, -0.15) is 0 Å². The number of anilines is 1. The number of fused-ring (bicyclic) bond motifs is 12. The average Bonchev–Trinajstić information content (AvgIpc) is 4.03. The molecule has 9 atom stereocenters. The van der Waals surface area contributed by atoms with Crippen LogP contribution in [0.2, 0.25) is 0 Å². The summed E-state index contributed by atoms with van der Waals surface area (Å²) in [5, 5.41) is 27.4. The normalized spacial score (nSPS) is 34.1. The van der Waals surface area contributed by atoms with Crippen molar-refractivity contribution in [3.8, 4) is 23.3 Å². The minimum absolute atomic E-state index is 0.0206. The van der Waals surface area contributed by atoms with Crippen LogP contribution in [0.3, 0.4) is 0 Å². The number of ether oxygens (including phenoxy) is 2. The summed E-state index contributed by atoms with van der Waals surface area (Å²) in [4.78, 5) is 38.1. The molecule has 8 bridgehead atoms. The molecular weight excluding hydrogens is 869 g/mol. The third-order valence-corrected chi connectivity index (χ3v) is 19.4. The first-order valence-electron chi connectivity index (χ1n) is 24.9. The van der Waals surface area contributed by atoms with Crippen molar-refractivity contribution in [2.24, 2.45) is 39.3 Å². The number of aryl methyl sites for hydroxylation is 1. The number of nitrogens with zero attached hydrogens (tertiary/aromatic N) is 3. The Bertz CT molecular complexity index is 2250. The van der Waals surface area contributed by atoms with E-state index in [4.69, 9.17) is 25.9 Å². The maximum atomic E-state index is 14.7. The fourth-order valence-electron chi connectivity index (χ4n) is 12.8. The quantitative estimate of drug-likeness (QED) is 0.113. The van der Waals surface area contributed by atoms with Gasteiger partial charge >= 0.3 is 5.97 Å². The summed E-state index contributed by atoms with van der Waals surface area (Å²) in [5.41, 5.74) is 16.1. The molecule has 2 spiro atoms. The van der Waals surface area contributed by atoms with Crippen LogP contribution in [-0.4, -0.2) is 80.0 Å². The van der Waals surface area contributed by atoms with E-state index in [0.717, 1.165) is 106 Å². The first-order valence-corrected chi connectivity index (χ1v) is 27.2. The van der Waals surface area contributed by atoms with Crippen molar-refractivity contribution in [2.45, 2.75) is 165 Å². The number of hydrogen-bond donors (Lipinski definition) is 5. The number of phenolic OH excluding ortho intramolecular Hbond substituents is 1. The van der Waals surface area contributed by atoms with E-state index in [-0.39, 0.29) is 58.8 Å². The zero-order valence-electron chi connectivity index (χ0n) is 38.7. The number of nitrogens with one attached hydrogen (secondary N) is 1. The van der Waals surface area contributed by atoms with Crippen molar-refractivity contribution < 1.29 is 29.3 Å². The number of rotatable bonds is 3. The number of aromatic nitrogens is 1. The number of aliphatic imine (C=N–C) groups is 1. The van der Waals surface area contributed by atoms with Crippen molar-refractivity contribution in [3.63, 3.8) is 0 Å². The SMILES string of the molecule is CC(=O)O[C@@H]1CCc2cc(c(O)c3c2C=C[C@H]2CCC[C@@H]2O3)CN2C[C@@](Cc3ccnc(N)c3)(CC2=O)[C@@H]2C#CC[C@@H]3CC[C@@]4(CCC[C@]4(NC(N)=NC2)SSCCCCCC[C@H](O)C1)C3. The molecule has 4 fully saturated rings. The summed E-state index contributed by atoms with van der Waals surface area (Å²) in [5.74, 6) is 9.86. The number of phenols is 1. The average molecular weight is 939 g/mol. The molecule has 2 aromatic rings. The summed E-state index contributed by atoms with van der Waals surface area (Å²) in [6, 6.07) is 5.87. The van der Waals surface area contributed by atoms with Crippen LogP contribution in [0.25, 0.3) is 6.08 Å². The summed E-state index contributed by atoms with van der Waals surface area (Å²) in [6.07, 6.45) is 22.4. The molecule has 1 amide bonds. The lowest BCUT2D eigenvalue weighted by molar-refractivity contribution is -0.148. The molecular formula is C52H70N6O6S2. The molecule has 356 valence electrons. The number of amides is 1. The van der Waals surface area contributed by atoms with E-state index in [9.17, 15) is 19.8 Å². The van der Waals surface area contributed by atoms with E-state index >= 15 is 0 Å². The molecule has 9 rings (SSSR count). The Hall–Kier alpha value is -4.06. The molecule has 1 aromatic carbocycles. The highest BCUT2D eigenvalue weighted by atomic mass is 33.1. The van der Waals surface area contributed by atoms with E-state index < -0.39 is 17.6 Å². The van der Waals surface area contributed by atoms with Crippen LogP contribution in [0.15, 0.2) is 35.5 Å². The molecule has 0 radical (unpaired) electrons. The van der Waals surface area contributed by atoms with Gasteiger partial charge in [-0.1, -0.05) is 58.9 Å². The van der Waals surface area contributed by atoms with E-state index in [0.29, 0.717) is 74.2 Å². The highest BCUT2D eigenvalue weighted by Crippen LogP contribution is 2.64. The smallest absolute Gasteiger partial charge is 0.302 e. The van der Waals surface area contributed by atoms with Crippen molar-refractivity contribution in [2.75, 3.05) is 24.6 Å². The number of carbonyl (C=O) groups is 2. The fraction of sp³-hybridized carbons (Fsp3) is 0.654. The number of hydrogen-bond acceptors (Lipinski definition) is 13. The lowest BCUT2D eigenvalue weighted by Gasteiger charge is -2.44. The van der Waals surface area contributed by atoms with Gasteiger partial charge in [0.25, 0.3) is 0 Å². The largest absolute Gasteiger partial charge is 0.504 e. The number of aliphatic hydroxyl groups is 1. The maximum absolute atomic E-state index is 14.7. The van der Waals surface area contributed by atoms with Gasteiger partial charge in [0.15, 0.2) is 17.5 Å². The second-order valence-electron chi connectivity index (χ2n) is 20.7. The van der Waals surface area contributed by atoms with Crippen LogP contribution in [-0.2, 0) is 33.7 Å². The molecule has 12 nitrogen and oxygen atoms in total.